The highest BCUT2D eigenvalue weighted by Gasteiger charge is 2.23. The Morgan fingerprint density at radius 2 is 1.49 bits per heavy atom. The van der Waals surface area contributed by atoms with Crippen molar-refractivity contribution in [3.8, 4) is 16.9 Å². The minimum atomic E-state index is 0.00729. The Balaban J connectivity index is 1.30. The smallest absolute Gasteiger partial charge is 0.251 e. The maximum atomic E-state index is 13.2. The van der Waals surface area contributed by atoms with E-state index in [1.165, 1.54) is 52.9 Å². The van der Waals surface area contributed by atoms with Gasteiger partial charge in [0.2, 0.25) is 0 Å². The molecule has 1 heterocycles. The minimum absolute atomic E-state index is 0.00729. The maximum absolute atomic E-state index is 13.2. The average molecular weight is 461 g/mol. The van der Waals surface area contributed by atoms with Gasteiger partial charge in [0.25, 0.3) is 5.91 Å². The molecule has 3 aromatic carbocycles. The van der Waals surface area contributed by atoms with Crippen LogP contribution in [-0.4, -0.2) is 10.5 Å². The third-order valence-electron chi connectivity index (χ3n) is 7.68. The number of nitrogens with zero attached hydrogens (tertiary/aromatic N) is 1. The summed E-state index contributed by atoms with van der Waals surface area (Å²) in [6.45, 7) is 0. The summed E-state index contributed by atoms with van der Waals surface area (Å²) in [6, 6.07) is 29.8. The molecule has 4 aromatic rings. The molecular formula is C32H32N2O. The van der Waals surface area contributed by atoms with Crippen molar-refractivity contribution >= 4 is 5.91 Å². The molecule has 0 spiro atoms. The van der Waals surface area contributed by atoms with Crippen LogP contribution in [0.2, 0.25) is 0 Å². The van der Waals surface area contributed by atoms with Gasteiger partial charge in [-0.25, -0.2) is 0 Å². The van der Waals surface area contributed by atoms with E-state index in [1.807, 2.05) is 12.1 Å². The molecule has 0 saturated carbocycles. The zero-order valence-corrected chi connectivity index (χ0v) is 20.2. The van der Waals surface area contributed by atoms with Gasteiger partial charge in [0.1, 0.15) is 0 Å². The topological polar surface area (TPSA) is 34.0 Å². The highest BCUT2D eigenvalue weighted by atomic mass is 16.1. The van der Waals surface area contributed by atoms with E-state index in [4.69, 9.17) is 0 Å². The van der Waals surface area contributed by atoms with Crippen molar-refractivity contribution in [3.05, 3.63) is 113 Å². The molecular weight excluding hydrogens is 428 g/mol. The number of carbonyl (C=O) groups excluding carboxylic acids is 1. The van der Waals surface area contributed by atoms with Crippen LogP contribution in [0.3, 0.4) is 0 Å². The lowest BCUT2D eigenvalue weighted by Crippen LogP contribution is -2.30. The van der Waals surface area contributed by atoms with Crippen LogP contribution in [0.1, 0.15) is 70.9 Å². The van der Waals surface area contributed by atoms with Gasteiger partial charge in [-0.3, -0.25) is 4.79 Å². The molecule has 2 aliphatic carbocycles. The molecule has 0 bridgehead atoms. The van der Waals surface area contributed by atoms with Gasteiger partial charge in [-0.2, -0.15) is 0 Å². The molecule has 6 rings (SSSR count). The van der Waals surface area contributed by atoms with Crippen molar-refractivity contribution in [2.45, 2.75) is 57.4 Å². The summed E-state index contributed by atoms with van der Waals surface area (Å²) < 4.78 is 2.43. The third-order valence-corrected chi connectivity index (χ3v) is 7.68. The zero-order valence-electron chi connectivity index (χ0n) is 20.2. The van der Waals surface area contributed by atoms with Gasteiger partial charge in [-0.05, 0) is 97.5 Å². The molecule has 1 amide bonds. The number of benzene rings is 3. The lowest BCUT2D eigenvalue weighted by atomic mass is 9.87. The monoisotopic (exact) mass is 460 g/mol. The highest BCUT2D eigenvalue weighted by Crippen LogP contribution is 2.34. The molecule has 0 radical (unpaired) electrons. The van der Waals surface area contributed by atoms with E-state index >= 15 is 0 Å². The second-order valence-electron chi connectivity index (χ2n) is 9.93. The molecule has 3 heteroatoms. The quantitative estimate of drug-likeness (QED) is 0.321. The van der Waals surface area contributed by atoms with Crippen LogP contribution in [0.25, 0.3) is 16.9 Å². The van der Waals surface area contributed by atoms with Crippen molar-refractivity contribution < 1.29 is 4.79 Å². The molecule has 35 heavy (non-hydrogen) atoms. The van der Waals surface area contributed by atoms with E-state index < -0.39 is 0 Å². The summed E-state index contributed by atoms with van der Waals surface area (Å²) in [5, 5.41) is 3.30. The van der Waals surface area contributed by atoms with Gasteiger partial charge in [-0.1, -0.05) is 61.0 Å². The highest BCUT2D eigenvalue weighted by molar-refractivity contribution is 5.94. The molecule has 0 fully saturated rings. The summed E-state index contributed by atoms with van der Waals surface area (Å²) in [6.07, 6.45) is 9.24. The molecule has 1 unspecified atom stereocenters. The van der Waals surface area contributed by atoms with Gasteiger partial charge < -0.3 is 9.88 Å². The fourth-order valence-corrected chi connectivity index (χ4v) is 5.90. The lowest BCUT2D eigenvalue weighted by molar-refractivity contribution is 0.0933. The maximum Gasteiger partial charge on any atom is 0.251 e. The van der Waals surface area contributed by atoms with Gasteiger partial charge in [0.15, 0.2) is 0 Å². The van der Waals surface area contributed by atoms with Crippen LogP contribution in [0.15, 0.2) is 84.9 Å². The van der Waals surface area contributed by atoms with Crippen LogP contribution in [0.4, 0.5) is 0 Å². The number of nitrogens with one attached hydrogen (secondary N) is 1. The van der Waals surface area contributed by atoms with Crippen molar-refractivity contribution in [2.75, 3.05) is 0 Å². The minimum Gasteiger partial charge on any atom is -0.345 e. The molecule has 0 saturated heterocycles. The van der Waals surface area contributed by atoms with Crippen molar-refractivity contribution in [2.24, 2.45) is 0 Å². The Morgan fingerprint density at radius 3 is 2.34 bits per heavy atom. The lowest BCUT2D eigenvalue weighted by Gasteiger charge is -2.26. The molecule has 3 nitrogen and oxygen atoms in total. The first kappa shape index (κ1) is 21.9. The Labute approximate surface area is 207 Å². The van der Waals surface area contributed by atoms with Gasteiger partial charge in [0.05, 0.1) is 11.7 Å². The Hall–Kier alpha value is -3.59. The fraction of sp³-hybridized carbons (Fsp3) is 0.281. The number of aromatic nitrogens is 1. The van der Waals surface area contributed by atoms with Crippen molar-refractivity contribution in [1.29, 1.82) is 0 Å². The summed E-state index contributed by atoms with van der Waals surface area (Å²) in [7, 11) is 0. The number of fused-ring (bicyclic) bond motifs is 2. The first-order valence-electron chi connectivity index (χ1n) is 13.1. The van der Waals surface area contributed by atoms with Crippen LogP contribution >= 0.6 is 0 Å². The summed E-state index contributed by atoms with van der Waals surface area (Å²) >= 11 is 0. The molecule has 1 aromatic heterocycles. The largest absolute Gasteiger partial charge is 0.345 e. The second-order valence-corrected chi connectivity index (χ2v) is 9.93. The molecule has 2 aliphatic rings. The first-order chi connectivity index (χ1) is 17.3. The number of hydrogen-bond donors (Lipinski definition) is 1. The number of hydrogen-bond acceptors (Lipinski definition) is 1. The standard InChI is InChI=1S/C32H32N2O/c35-32(33-29-16-9-14-23-10-7-8-15-28(23)29)25-18-20-27(21-19-25)34-30-17-6-2-5-13-26(30)22-31(34)24-11-3-1-4-12-24/h1,3-4,7-8,10-12,15,18-22,29H,2,5-6,9,13-14,16-17H2,(H,33,35). The van der Waals surface area contributed by atoms with E-state index in [0.717, 1.165) is 43.4 Å². The second kappa shape index (κ2) is 9.58. The summed E-state index contributed by atoms with van der Waals surface area (Å²) in [4.78, 5) is 13.2. The summed E-state index contributed by atoms with van der Waals surface area (Å²) in [5.41, 5.74) is 9.86. The first-order valence-corrected chi connectivity index (χ1v) is 13.1. The van der Waals surface area contributed by atoms with E-state index in [0.29, 0.717) is 0 Å². The van der Waals surface area contributed by atoms with Crippen molar-refractivity contribution in [1.82, 2.24) is 9.88 Å². The van der Waals surface area contributed by atoms with Crippen molar-refractivity contribution in [3.63, 3.8) is 0 Å². The van der Waals surface area contributed by atoms with Crippen LogP contribution < -0.4 is 5.32 Å². The van der Waals surface area contributed by atoms with Gasteiger partial charge in [-0.15, -0.1) is 0 Å². The van der Waals surface area contributed by atoms with Crippen LogP contribution in [-0.2, 0) is 19.3 Å². The molecule has 1 N–H and O–H groups in total. The normalized spacial score (nSPS) is 17.2. The zero-order chi connectivity index (χ0) is 23.6. The predicted octanol–water partition coefficient (Wildman–Crippen LogP) is 7.22. The summed E-state index contributed by atoms with van der Waals surface area (Å²) in [5.74, 6) is 0.00729. The van der Waals surface area contributed by atoms with Crippen LogP contribution in [0, 0.1) is 0 Å². The molecule has 1 atom stereocenters. The Bertz CT molecular complexity index is 1330. The third kappa shape index (κ3) is 4.32. The van der Waals surface area contributed by atoms with Gasteiger partial charge >= 0.3 is 0 Å². The Morgan fingerprint density at radius 1 is 0.743 bits per heavy atom. The van der Waals surface area contributed by atoms with Gasteiger partial charge in [0, 0.05) is 16.9 Å². The predicted molar refractivity (Wildman–Crippen MR) is 142 cm³/mol. The SMILES string of the molecule is O=C(NC1CCCc2ccccc21)c1ccc(-n2c(-c3ccccc3)cc3c2CCCCC3)cc1. The van der Waals surface area contributed by atoms with Crippen LogP contribution in [0.5, 0.6) is 0 Å². The number of carbonyl (C=O) groups is 1. The number of amides is 1. The molecule has 0 aliphatic heterocycles. The van der Waals surface area contributed by atoms with E-state index in [-0.39, 0.29) is 11.9 Å². The fourth-order valence-electron chi connectivity index (χ4n) is 5.90. The Kier molecular flexibility index (Phi) is 5.99. The molecule has 176 valence electrons. The van der Waals surface area contributed by atoms with E-state index in [2.05, 4.69) is 82.7 Å². The van der Waals surface area contributed by atoms with E-state index in [9.17, 15) is 4.79 Å². The number of rotatable bonds is 4. The average Bonchev–Trinajstić information content (AvgIpc) is 3.11. The number of aryl methyl sites for hydroxylation is 2. The van der Waals surface area contributed by atoms with E-state index in [1.54, 1.807) is 0 Å².